The van der Waals surface area contributed by atoms with Gasteiger partial charge in [-0.05, 0) is 36.6 Å². The maximum absolute atomic E-state index is 13.3. The minimum absolute atomic E-state index is 0.0749. The number of pyridine rings is 1. The van der Waals surface area contributed by atoms with Crippen LogP contribution in [0.5, 0.6) is 5.75 Å². The van der Waals surface area contributed by atoms with Crippen molar-refractivity contribution in [1.29, 1.82) is 0 Å². The fraction of sp³-hybridized carbons (Fsp3) is 0.250. The van der Waals surface area contributed by atoms with Crippen LogP contribution in [0.1, 0.15) is 41.0 Å². The van der Waals surface area contributed by atoms with E-state index >= 15 is 0 Å². The lowest BCUT2D eigenvalue weighted by Gasteiger charge is -2.51. The number of nitrogens with zero attached hydrogens (tertiary/aromatic N) is 3. The molecule has 2 radical (unpaired) electrons. The van der Waals surface area contributed by atoms with Crippen molar-refractivity contribution in [3.63, 3.8) is 0 Å². The van der Waals surface area contributed by atoms with Crippen molar-refractivity contribution in [3.05, 3.63) is 93.4 Å². The van der Waals surface area contributed by atoms with Crippen molar-refractivity contribution >= 4 is 25.5 Å². The summed E-state index contributed by atoms with van der Waals surface area (Å²) in [4.78, 5) is 28.2. The van der Waals surface area contributed by atoms with Gasteiger partial charge in [0.2, 0.25) is 5.43 Å². The molecule has 2 aliphatic rings. The number of benzene rings is 2. The molecule has 2 aromatic carbocycles. The molecule has 0 spiro atoms. The number of hydrogen-bond donors (Lipinski definition) is 1. The Hall–Kier alpha value is -3.13. The number of rotatable bonds is 2. The van der Waals surface area contributed by atoms with Crippen LogP contribution in [-0.2, 0) is 11.2 Å². The first-order valence-corrected chi connectivity index (χ1v) is 11.5. The second-order valence-corrected chi connectivity index (χ2v) is 9.36. The van der Waals surface area contributed by atoms with E-state index in [1.165, 1.54) is 12.3 Å². The molecule has 0 fully saturated rings. The van der Waals surface area contributed by atoms with Gasteiger partial charge in [-0.2, -0.15) is 0 Å². The molecule has 1 amide bonds. The summed E-state index contributed by atoms with van der Waals surface area (Å²) >= 11 is 1.72. The minimum Gasteiger partial charge on any atom is -0.502 e. The van der Waals surface area contributed by atoms with Gasteiger partial charge in [0.15, 0.2) is 11.4 Å². The average Bonchev–Trinajstić information content (AvgIpc) is 2.92. The Kier molecular flexibility index (Phi) is 4.85. The van der Waals surface area contributed by atoms with E-state index in [-0.39, 0.29) is 18.4 Å². The molecule has 5 rings (SSSR count). The van der Waals surface area contributed by atoms with Crippen LogP contribution in [-0.4, -0.2) is 41.1 Å². The number of carbonyl (C=O) groups is 1. The first-order valence-electron chi connectivity index (χ1n) is 10.5. The van der Waals surface area contributed by atoms with Crippen LogP contribution < -0.4 is 10.4 Å². The summed E-state index contributed by atoms with van der Waals surface area (Å²) in [5, 5.41) is 12.5. The summed E-state index contributed by atoms with van der Waals surface area (Å²) in [5.74, 6) is -0.213. The van der Waals surface area contributed by atoms with E-state index in [0.717, 1.165) is 27.3 Å². The molecular weight excluding hydrogens is 421 g/mol. The predicted molar refractivity (Wildman–Crippen MR) is 126 cm³/mol. The fourth-order valence-electron chi connectivity index (χ4n) is 4.51. The molecule has 3 aromatic rings. The number of fused-ring (bicyclic) bond motifs is 3. The third kappa shape index (κ3) is 2.89. The van der Waals surface area contributed by atoms with Crippen molar-refractivity contribution in [2.75, 3.05) is 11.7 Å². The highest BCUT2D eigenvalue weighted by molar-refractivity contribution is 7.98. The number of aromatic hydroxyl groups is 1. The molecule has 3 heterocycles. The van der Waals surface area contributed by atoms with E-state index in [9.17, 15) is 14.7 Å². The predicted octanol–water partition coefficient (Wildman–Crippen LogP) is 2.99. The van der Waals surface area contributed by atoms with Crippen molar-refractivity contribution in [1.82, 2.24) is 9.58 Å². The molecule has 1 atom stereocenters. The number of carbonyl (C=O) groups excluding carboxylic acids is 1. The smallest absolute Gasteiger partial charge is 0.278 e. The van der Waals surface area contributed by atoms with Gasteiger partial charge in [-0.25, -0.2) is 0 Å². The van der Waals surface area contributed by atoms with Crippen LogP contribution in [0.4, 0.5) is 0 Å². The van der Waals surface area contributed by atoms with E-state index in [1.807, 2.05) is 61.3 Å². The van der Waals surface area contributed by atoms with Crippen molar-refractivity contribution in [2.45, 2.75) is 36.0 Å². The zero-order chi connectivity index (χ0) is 22.6. The van der Waals surface area contributed by atoms with Crippen molar-refractivity contribution in [2.24, 2.45) is 0 Å². The number of aromatic nitrogens is 1. The Bertz CT molecular complexity index is 1240. The topological polar surface area (TPSA) is 65.8 Å². The van der Waals surface area contributed by atoms with Gasteiger partial charge in [-0.15, -0.1) is 11.8 Å². The largest absolute Gasteiger partial charge is 0.502 e. The molecule has 8 heteroatoms. The van der Waals surface area contributed by atoms with Crippen LogP contribution in [0.2, 0.25) is 0 Å². The molecule has 1 unspecified atom stereocenters. The summed E-state index contributed by atoms with van der Waals surface area (Å²) < 4.78 is 1.54. The highest BCUT2D eigenvalue weighted by Crippen LogP contribution is 2.45. The molecular formula is C24H22BN3O3S. The Morgan fingerprint density at radius 2 is 1.72 bits per heavy atom. The monoisotopic (exact) mass is 443 g/mol. The molecule has 1 aromatic heterocycles. The summed E-state index contributed by atoms with van der Waals surface area (Å²) in [7, 11) is 7.36. The Morgan fingerprint density at radius 1 is 1.03 bits per heavy atom. The maximum Gasteiger partial charge on any atom is 0.278 e. The standard InChI is InChI=1S/C24H22BN3O3S/c1-15(2)26-14-28(27-12-11-19(29)22(30)21(27)23(26)31)24(25)17-8-4-3-7-16(17)13-32-20-10-6-5-9-18(20)24/h3-12,15,30H,13-14H2,1-2H3. The van der Waals surface area contributed by atoms with Gasteiger partial charge in [-0.3, -0.25) is 19.3 Å². The first kappa shape index (κ1) is 20.8. The lowest BCUT2D eigenvalue weighted by molar-refractivity contribution is 0.0614. The second-order valence-electron chi connectivity index (χ2n) is 8.34. The first-order chi connectivity index (χ1) is 15.3. The molecule has 0 saturated heterocycles. The van der Waals surface area contributed by atoms with Crippen LogP contribution in [0.3, 0.4) is 0 Å². The van der Waals surface area contributed by atoms with Crippen molar-refractivity contribution in [3.8, 4) is 5.75 Å². The zero-order valence-corrected chi connectivity index (χ0v) is 18.7. The van der Waals surface area contributed by atoms with Gasteiger partial charge >= 0.3 is 0 Å². The Labute approximate surface area is 191 Å². The van der Waals surface area contributed by atoms with Crippen LogP contribution >= 0.6 is 11.8 Å². The Morgan fingerprint density at radius 3 is 2.47 bits per heavy atom. The van der Waals surface area contributed by atoms with E-state index in [2.05, 4.69) is 6.07 Å². The second kappa shape index (κ2) is 7.48. The summed E-state index contributed by atoms with van der Waals surface area (Å²) in [6, 6.07) is 17.1. The summed E-state index contributed by atoms with van der Waals surface area (Å²) in [5.41, 5.74) is 1.08. The zero-order valence-electron chi connectivity index (χ0n) is 17.9. The molecule has 0 bridgehead atoms. The van der Waals surface area contributed by atoms with Gasteiger partial charge in [-0.1, -0.05) is 42.5 Å². The Balaban J connectivity index is 1.85. The molecule has 2 aliphatic heterocycles. The van der Waals surface area contributed by atoms with Crippen LogP contribution in [0.15, 0.2) is 70.5 Å². The third-order valence-corrected chi connectivity index (χ3v) is 7.33. The van der Waals surface area contributed by atoms with Gasteiger partial charge < -0.3 is 10.0 Å². The normalized spacial score (nSPS) is 19.9. The molecule has 32 heavy (non-hydrogen) atoms. The van der Waals surface area contributed by atoms with E-state index in [0.29, 0.717) is 0 Å². The fourth-order valence-corrected chi connectivity index (χ4v) is 5.63. The highest BCUT2D eigenvalue weighted by Gasteiger charge is 2.45. The molecule has 160 valence electrons. The SMILES string of the molecule is [B]C1(N2CN(C(C)C)C(=O)c3c(O)c(=O)ccn32)c2ccccc2CSc2ccccc21. The van der Waals surface area contributed by atoms with Gasteiger partial charge in [0, 0.05) is 29.0 Å². The van der Waals surface area contributed by atoms with Crippen LogP contribution in [0, 0.1) is 0 Å². The molecule has 1 N–H and O–H groups in total. The third-order valence-electron chi connectivity index (χ3n) is 6.20. The van der Waals surface area contributed by atoms with E-state index in [1.54, 1.807) is 21.3 Å². The van der Waals surface area contributed by atoms with Crippen molar-refractivity contribution < 1.29 is 9.90 Å². The average molecular weight is 443 g/mol. The minimum atomic E-state index is -1.15. The summed E-state index contributed by atoms with van der Waals surface area (Å²) in [6.07, 6.45) is 1.52. The van der Waals surface area contributed by atoms with E-state index < -0.39 is 22.5 Å². The molecule has 0 aliphatic carbocycles. The lowest BCUT2D eigenvalue weighted by atomic mass is 9.65. The summed E-state index contributed by atoms with van der Waals surface area (Å²) in [6.45, 7) is 3.99. The lowest BCUT2D eigenvalue weighted by Crippen LogP contribution is -2.64. The van der Waals surface area contributed by atoms with Crippen LogP contribution in [0.25, 0.3) is 0 Å². The maximum atomic E-state index is 13.3. The van der Waals surface area contributed by atoms with Gasteiger partial charge in [0.1, 0.15) is 14.5 Å². The quantitative estimate of drug-likeness (QED) is 0.617. The van der Waals surface area contributed by atoms with E-state index in [4.69, 9.17) is 7.85 Å². The molecule has 0 saturated carbocycles. The number of thioether (sulfide) groups is 1. The number of amides is 1. The molecule has 6 nitrogen and oxygen atoms in total. The van der Waals surface area contributed by atoms with Gasteiger partial charge in [0.05, 0.1) is 5.44 Å². The van der Waals surface area contributed by atoms with Gasteiger partial charge in [0.25, 0.3) is 5.91 Å². The number of hydrogen-bond acceptors (Lipinski definition) is 5. The highest BCUT2D eigenvalue weighted by atomic mass is 32.2.